The van der Waals surface area contributed by atoms with Crippen molar-refractivity contribution >= 4 is 17.6 Å². The van der Waals surface area contributed by atoms with E-state index in [1.165, 1.54) is 61.1 Å². The van der Waals surface area contributed by atoms with Gasteiger partial charge in [0.15, 0.2) is 0 Å². The van der Waals surface area contributed by atoms with Gasteiger partial charge in [0.2, 0.25) is 0 Å². The highest BCUT2D eigenvalue weighted by atomic mass is 32.2. The Balaban J connectivity index is 1.51. The second-order valence-electron chi connectivity index (χ2n) is 8.47. The zero-order chi connectivity index (χ0) is 17.4. The summed E-state index contributed by atoms with van der Waals surface area (Å²) in [6, 6.07) is 4.82. The summed E-state index contributed by atoms with van der Waals surface area (Å²) >= 11 is 1.86. The van der Waals surface area contributed by atoms with Crippen LogP contribution in [0.2, 0.25) is 0 Å². The highest BCUT2D eigenvalue weighted by molar-refractivity contribution is 8.04. The van der Waals surface area contributed by atoms with E-state index in [9.17, 15) is 0 Å². The lowest BCUT2D eigenvalue weighted by Crippen LogP contribution is -2.15. The maximum atomic E-state index is 3.81. The van der Waals surface area contributed by atoms with E-state index in [0.717, 1.165) is 12.3 Å². The molecule has 0 bridgehead atoms. The maximum absolute atomic E-state index is 3.81. The number of nitrogens with one attached hydrogen (secondary N) is 1. The molecule has 2 heteroatoms. The van der Waals surface area contributed by atoms with Gasteiger partial charge < -0.3 is 4.72 Å². The number of allylic oxidation sites excluding steroid dienone is 4. The van der Waals surface area contributed by atoms with E-state index in [-0.39, 0.29) is 0 Å². The first-order valence-electron chi connectivity index (χ1n) is 10.1. The van der Waals surface area contributed by atoms with E-state index in [1.807, 2.05) is 11.9 Å². The Bertz CT molecular complexity index is 722. The van der Waals surface area contributed by atoms with Crippen LogP contribution in [0.1, 0.15) is 69.6 Å². The van der Waals surface area contributed by atoms with Gasteiger partial charge in [0.05, 0.1) is 5.69 Å². The molecule has 0 radical (unpaired) electrons. The Morgan fingerprint density at radius 1 is 1.16 bits per heavy atom. The second-order valence-corrected chi connectivity index (χ2v) is 9.41. The molecule has 1 nitrogen and oxygen atoms in total. The van der Waals surface area contributed by atoms with Crippen LogP contribution >= 0.6 is 11.9 Å². The molecule has 134 valence electrons. The first-order chi connectivity index (χ1) is 12.1. The van der Waals surface area contributed by atoms with E-state index in [0.29, 0.717) is 5.92 Å². The average molecular weight is 354 g/mol. The summed E-state index contributed by atoms with van der Waals surface area (Å²) in [5.74, 6) is 1.56. The standard InChI is InChI=1S/C23H31NS/c1-15(2)22-14-20(12-16(22)3)25-24-23-19(13-17-6-4-7-17)11-10-18-8-5-9-21(18)23/h10-11,14-15,17,24H,4-9,12-13H2,1-3H3. The largest absolute Gasteiger partial charge is 0.325 e. The Kier molecular flexibility index (Phi) is 4.99. The number of hydrogen-bond acceptors (Lipinski definition) is 2. The van der Waals surface area contributed by atoms with E-state index in [2.05, 4.69) is 43.7 Å². The zero-order valence-corrected chi connectivity index (χ0v) is 16.8. The van der Waals surface area contributed by atoms with Gasteiger partial charge in [0, 0.05) is 11.3 Å². The molecule has 0 aliphatic heterocycles. The minimum Gasteiger partial charge on any atom is -0.325 e. The fourth-order valence-corrected chi connectivity index (χ4v) is 5.53. The number of aryl methyl sites for hydroxylation is 1. The molecule has 0 saturated heterocycles. The average Bonchev–Trinajstić information content (AvgIpc) is 3.15. The lowest BCUT2D eigenvalue weighted by Gasteiger charge is -2.27. The van der Waals surface area contributed by atoms with Gasteiger partial charge in [0.25, 0.3) is 0 Å². The lowest BCUT2D eigenvalue weighted by atomic mass is 9.80. The first kappa shape index (κ1) is 17.3. The van der Waals surface area contributed by atoms with Crippen LogP contribution in [0.5, 0.6) is 0 Å². The summed E-state index contributed by atoms with van der Waals surface area (Å²) in [6.45, 7) is 6.90. The summed E-state index contributed by atoms with van der Waals surface area (Å²) < 4.78 is 3.81. The minimum atomic E-state index is 0.633. The normalized spacial score (nSPS) is 20.1. The molecule has 25 heavy (non-hydrogen) atoms. The molecule has 0 heterocycles. The third-order valence-corrected chi connectivity index (χ3v) is 7.09. The van der Waals surface area contributed by atoms with Crippen LogP contribution in [0.15, 0.2) is 34.3 Å². The molecule has 3 aliphatic rings. The fraction of sp³-hybridized carbons (Fsp3) is 0.565. The third kappa shape index (κ3) is 3.56. The van der Waals surface area contributed by atoms with Gasteiger partial charge in [-0.25, -0.2) is 0 Å². The molecule has 0 amide bonds. The molecule has 0 atom stereocenters. The summed E-state index contributed by atoms with van der Waals surface area (Å²) in [5.41, 5.74) is 9.30. The van der Waals surface area contributed by atoms with Gasteiger partial charge in [-0.1, -0.05) is 50.8 Å². The van der Waals surface area contributed by atoms with Gasteiger partial charge in [-0.15, -0.1) is 0 Å². The molecule has 0 unspecified atom stereocenters. The molecule has 3 aliphatic carbocycles. The van der Waals surface area contributed by atoms with Crippen LogP contribution < -0.4 is 4.72 Å². The summed E-state index contributed by atoms with van der Waals surface area (Å²) in [4.78, 5) is 1.48. The van der Waals surface area contributed by atoms with E-state index in [4.69, 9.17) is 0 Å². The van der Waals surface area contributed by atoms with Crippen molar-refractivity contribution in [2.75, 3.05) is 4.72 Å². The molecular weight excluding hydrogens is 322 g/mol. The van der Waals surface area contributed by atoms with Gasteiger partial charge in [-0.2, -0.15) is 0 Å². The Morgan fingerprint density at radius 3 is 2.68 bits per heavy atom. The van der Waals surface area contributed by atoms with Crippen LogP contribution in [0.4, 0.5) is 5.69 Å². The quantitative estimate of drug-likeness (QED) is 0.562. The SMILES string of the molecule is CC1=C(C(C)C)C=C(SNc2c(CC3CCC3)ccc3c2CCC3)C1. The van der Waals surface area contributed by atoms with E-state index < -0.39 is 0 Å². The molecule has 4 rings (SSSR count). The van der Waals surface area contributed by atoms with E-state index in [1.54, 1.807) is 22.3 Å². The van der Waals surface area contributed by atoms with Crippen LogP contribution in [-0.4, -0.2) is 0 Å². The van der Waals surface area contributed by atoms with Gasteiger partial charge in [-0.3, -0.25) is 0 Å². The van der Waals surface area contributed by atoms with Gasteiger partial charge in [-0.05, 0) is 84.7 Å². The number of hydrogen-bond donors (Lipinski definition) is 1. The summed E-state index contributed by atoms with van der Waals surface area (Å²) in [5, 5.41) is 0. The number of anilines is 1. The Labute approximate surface area is 157 Å². The fourth-order valence-electron chi connectivity index (χ4n) is 4.57. The molecular formula is C23H31NS. The summed E-state index contributed by atoms with van der Waals surface area (Å²) in [7, 11) is 0. The van der Waals surface area contributed by atoms with Crippen LogP contribution in [0.3, 0.4) is 0 Å². The Hall–Kier alpha value is -1.15. The van der Waals surface area contributed by atoms with Crippen molar-refractivity contribution in [3.05, 3.63) is 51.0 Å². The van der Waals surface area contributed by atoms with E-state index >= 15 is 0 Å². The Morgan fingerprint density at radius 2 is 2.00 bits per heavy atom. The molecule has 1 aromatic carbocycles. The molecule has 1 N–H and O–H groups in total. The van der Waals surface area contributed by atoms with Crippen LogP contribution in [0, 0.1) is 11.8 Å². The number of benzene rings is 1. The molecule has 0 aromatic heterocycles. The molecule has 1 saturated carbocycles. The number of fused-ring (bicyclic) bond motifs is 1. The maximum Gasteiger partial charge on any atom is 0.0510 e. The second kappa shape index (κ2) is 7.23. The van der Waals surface area contributed by atoms with Crippen molar-refractivity contribution in [2.24, 2.45) is 11.8 Å². The zero-order valence-electron chi connectivity index (χ0n) is 16.0. The van der Waals surface area contributed by atoms with Crippen LogP contribution in [0.25, 0.3) is 0 Å². The monoisotopic (exact) mass is 353 g/mol. The van der Waals surface area contributed by atoms with Crippen LogP contribution in [-0.2, 0) is 19.3 Å². The van der Waals surface area contributed by atoms with Gasteiger partial charge >= 0.3 is 0 Å². The highest BCUT2D eigenvalue weighted by Gasteiger charge is 2.23. The van der Waals surface area contributed by atoms with Crippen molar-refractivity contribution < 1.29 is 0 Å². The van der Waals surface area contributed by atoms with Crippen molar-refractivity contribution in [2.45, 2.75) is 72.1 Å². The summed E-state index contributed by atoms with van der Waals surface area (Å²) in [6.07, 6.45) is 12.9. The first-order valence-corrected chi connectivity index (χ1v) is 10.9. The highest BCUT2D eigenvalue weighted by Crippen LogP contribution is 2.41. The van der Waals surface area contributed by atoms with Gasteiger partial charge in [0.1, 0.15) is 0 Å². The van der Waals surface area contributed by atoms with Crippen molar-refractivity contribution in [3.8, 4) is 0 Å². The molecule has 0 spiro atoms. The minimum absolute atomic E-state index is 0.633. The predicted octanol–water partition coefficient (Wildman–Crippen LogP) is 6.84. The van der Waals surface area contributed by atoms with Crippen molar-refractivity contribution in [3.63, 3.8) is 0 Å². The lowest BCUT2D eigenvalue weighted by molar-refractivity contribution is 0.315. The van der Waals surface area contributed by atoms with Crippen molar-refractivity contribution in [1.82, 2.24) is 0 Å². The predicted molar refractivity (Wildman–Crippen MR) is 111 cm³/mol. The molecule has 1 aromatic rings. The van der Waals surface area contributed by atoms with Crippen molar-refractivity contribution in [1.29, 1.82) is 0 Å². The smallest absolute Gasteiger partial charge is 0.0510 e. The third-order valence-electron chi connectivity index (χ3n) is 6.26. The number of rotatable bonds is 6. The molecule has 1 fully saturated rings. The topological polar surface area (TPSA) is 12.0 Å².